The molecule has 3 N–H and O–H groups in total. The van der Waals surface area contributed by atoms with Crippen molar-refractivity contribution in [2.75, 3.05) is 12.0 Å². The summed E-state index contributed by atoms with van der Waals surface area (Å²) < 4.78 is 62.8. The van der Waals surface area contributed by atoms with Crippen LogP contribution in [0.2, 0.25) is 0 Å². The van der Waals surface area contributed by atoms with Gasteiger partial charge in [0.15, 0.2) is 0 Å². The SMILES string of the molecule is CC(C)N(CC(F)(F)F)S(=O)(=O)c1ccccc1NN. The third kappa shape index (κ3) is 3.84. The van der Waals surface area contributed by atoms with Crippen LogP contribution in [0.4, 0.5) is 18.9 Å². The van der Waals surface area contributed by atoms with Crippen molar-refractivity contribution < 1.29 is 21.6 Å². The lowest BCUT2D eigenvalue weighted by Gasteiger charge is -2.27. The predicted molar refractivity (Wildman–Crippen MR) is 69.3 cm³/mol. The Bertz CT molecular complexity index is 558. The normalized spacial score (nSPS) is 13.0. The fourth-order valence-electron chi connectivity index (χ4n) is 1.66. The summed E-state index contributed by atoms with van der Waals surface area (Å²) in [6.45, 7) is 1.20. The Kier molecular flexibility index (Phi) is 5.00. The number of nitrogens with zero attached hydrogens (tertiary/aromatic N) is 1. The number of halogens is 3. The summed E-state index contributed by atoms with van der Waals surface area (Å²) >= 11 is 0. The van der Waals surface area contributed by atoms with Crippen molar-refractivity contribution in [2.24, 2.45) is 5.84 Å². The van der Waals surface area contributed by atoms with Gasteiger partial charge in [0, 0.05) is 6.04 Å². The molecule has 0 unspecified atom stereocenters. The predicted octanol–water partition coefficient (Wildman–Crippen LogP) is 1.93. The molecule has 114 valence electrons. The van der Waals surface area contributed by atoms with E-state index in [9.17, 15) is 21.6 Å². The minimum atomic E-state index is -4.62. The molecule has 0 aromatic heterocycles. The van der Waals surface area contributed by atoms with Crippen LogP contribution >= 0.6 is 0 Å². The number of sulfonamides is 1. The number of para-hydroxylation sites is 1. The fourth-order valence-corrected chi connectivity index (χ4v) is 3.44. The zero-order chi connectivity index (χ0) is 15.6. The van der Waals surface area contributed by atoms with Crippen LogP contribution in [0.3, 0.4) is 0 Å². The number of nitrogens with two attached hydrogens (primary N) is 1. The quantitative estimate of drug-likeness (QED) is 0.643. The lowest BCUT2D eigenvalue weighted by atomic mass is 10.3. The summed E-state index contributed by atoms with van der Waals surface area (Å²) in [6, 6.07) is 4.68. The highest BCUT2D eigenvalue weighted by Gasteiger charge is 2.39. The molecule has 0 spiro atoms. The number of anilines is 1. The Labute approximate surface area is 115 Å². The van der Waals surface area contributed by atoms with Gasteiger partial charge in [-0.1, -0.05) is 12.1 Å². The van der Waals surface area contributed by atoms with Gasteiger partial charge in [0.2, 0.25) is 10.0 Å². The summed E-state index contributed by atoms with van der Waals surface area (Å²) in [5.41, 5.74) is 2.21. The van der Waals surface area contributed by atoms with E-state index in [1.165, 1.54) is 38.1 Å². The molecule has 0 heterocycles. The highest BCUT2D eigenvalue weighted by atomic mass is 32.2. The van der Waals surface area contributed by atoms with Gasteiger partial charge in [-0.25, -0.2) is 8.42 Å². The van der Waals surface area contributed by atoms with E-state index < -0.39 is 28.8 Å². The van der Waals surface area contributed by atoms with E-state index in [1.54, 1.807) is 0 Å². The van der Waals surface area contributed by atoms with Crippen molar-refractivity contribution in [3.05, 3.63) is 24.3 Å². The summed E-state index contributed by atoms with van der Waals surface area (Å²) in [6.07, 6.45) is -4.62. The summed E-state index contributed by atoms with van der Waals surface area (Å²) in [5, 5.41) is 0. The molecule has 1 aromatic carbocycles. The first kappa shape index (κ1) is 16.7. The highest BCUT2D eigenvalue weighted by molar-refractivity contribution is 7.89. The van der Waals surface area contributed by atoms with Crippen LogP contribution in [-0.4, -0.2) is 31.5 Å². The minimum absolute atomic E-state index is 0.0420. The van der Waals surface area contributed by atoms with Crippen molar-refractivity contribution in [3.8, 4) is 0 Å². The molecule has 0 aliphatic rings. The zero-order valence-corrected chi connectivity index (χ0v) is 11.8. The van der Waals surface area contributed by atoms with Crippen LogP contribution in [0.1, 0.15) is 13.8 Å². The monoisotopic (exact) mass is 311 g/mol. The molecule has 20 heavy (non-hydrogen) atoms. The second-order valence-electron chi connectivity index (χ2n) is 4.40. The van der Waals surface area contributed by atoms with Gasteiger partial charge < -0.3 is 5.43 Å². The molecule has 0 aliphatic heterocycles. The average Bonchev–Trinajstić information content (AvgIpc) is 2.34. The third-order valence-electron chi connectivity index (χ3n) is 2.54. The number of alkyl halides is 3. The smallest absolute Gasteiger partial charge is 0.323 e. The third-order valence-corrected chi connectivity index (χ3v) is 4.62. The molecule has 0 saturated heterocycles. The number of nitrogens with one attached hydrogen (secondary N) is 1. The second kappa shape index (κ2) is 5.98. The molecule has 0 atom stereocenters. The summed E-state index contributed by atoms with van der Waals surface area (Å²) in [5.74, 6) is 5.20. The molecule has 0 bridgehead atoms. The molecule has 0 amide bonds. The van der Waals surface area contributed by atoms with Gasteiger partial charge in [0.05, 0.1) is 5.69 Å². The summed E-state index contributed by atoms with van der Waals surface area (Å²) in [4.78, 5) is -0.291. The number of rotatable bonds is 5. The molecule has 0 saturated carbocycles. The van der Waals surface area contributed by atoms with Gasteiger partial charge in [0.25, 0.3) is 0 Å². The first-order valence-corrected chi connectivity index (χ1v) is 7.18. The number of benzene rings is 1. The molecule has 1 aromatic rings. The Morgan fingerprint density at radius 3 is 2.30 bits per heavy atom. The van der Waals surface area contributed by atoms with Crippen LogP contribution in [0, 0.1) is 0 Å². The fraction of sp³-hybridized carbons (Fsp3) is 0.455. The average molecular weight is 311 g/mol. The van der Waals surface area contributed by atoms with Crippen molar-refractivity contribution in [2.45, 2.75) is 31.0 Å². The maximum atomic E-state index is 12.5. The van der Waals surface area contributed by atoms with Gasteiger partial charge in [-0.05, 0) is 26.0 Å². The minimum Gasteiger partial charge on any atom is -0.323 e. The molecule has 0 radical (unpaired) electrons. The first-order chi connectivity index (χ1) is 9.09. The van der Waals surface area contributed by atoms with Crippen LogP contribution in [-0.2, 0) is 10.0 Å². The molecule has 0 aliphatic carbocycles. The Balaban J connectivity index is 3.30. The number of hydrogen-bond acceptors (Lipinski definition) is 4. The largest absolute Gasteiger partial charge is 0.402 e. The maximum absolute atomic E-state index is 12.5. The van der Waals surface area contributed by atoms with Gasteiger partial charge in [-0.3, -0.25) is 5.84 Å². The van der Waals surface area contributed by atoms with Crippen LogP contribution in [0.5, 0.6) is 0 Å². The zero-order valence-electron chi connectivity index (χ0n) is 11.0. The van der Waals surface area contributed by atoms with Gasteiger partial charge in [0.1, 0.15) is 11.4 Å². The van der Waals surface area contributed by atoms with E-state index in [1.807, 2.05) is 0 Å². The maximum Gasteiger partial charge on any atom is 0.402 e. The number of nitrogen functional groups attached to an aromatic ring is 1. The van der Waals surface area contributed by atoms with E-state index >= 15 is 0 Å². The van der Waals surface area contributed by atoms with Gasteiger partial charge >= 0.3 is 6.18 Å². The van der Waals surface area contributed by atoms with Crippen LogP contribution in [0.25, 0.3) is 0 Å². The Hall–Kier alpha value is -1.32. The highest BCUT2D eigenvalue weighted by Crippen LogP contribution is 2.28. The van der Waals surface area contributed by atoms with Gasteiger partial charge in [-0.15, -0.1) is 0 Å². The summed E-state index contributed by atoms with van der Waals surface area (Å²) in [7, 11) is -4.31. The molecule has 9 heteroatoms. The first-order valence-electron chi connectivity index (χ1n) is 5.74. The van der Waals surface area contributed by atoms with E-state index in [2.05, 4.69) is 5.43 Å². The van der Waals surface area contributed by atoms with E-state index in [4.69, 9.17) is 5.84 Å². The standard InChI is InChI=1S/C11H16F3N3O2S/c1-8(2)17(7-11(12,13)14)20(18,19)10-6-4-3-5-9(10)16-15/h3-6,8,16H,7,15H2,1-2H3. The number of hydrogen-bond donors (Lipinski definition) is 2. The van der Waals surface area contributed by atoms with Gasteiger partial charge in [-0.2, -0.15) is 17.5 Å². The second-order valence-corrected chi connectivity index (χ2v) is 6.26. The molecule has 0 fully saturated rings. The van der Waals surface area contributed by atoms with Crippen molar-refractivity contribution in [1.29, 1.82) is 0 Å². The Morgan fingerprint density at radius 2 is 1.85 bits per heavy atom. The molecule has 5 nitrogen and oxygen atoms in total. The lowest BCUT2D eigenvalue weighted by molar-refractivity contribution is -0.138. The van der Waals surface area contributed by atoms with Crippen molar-refractivity contribution >= 4 is 15.7 Å². The lowest BCUT2D eigenvalue weighted by Crippen LogP contribution is -2.43. The van der Waals surface area contributed by atoms with E-state index in [0.29, 0.717) is 4.31 Å². The number of hydrazine groups is 1. The molecular weight excluding hydrogens is 295 g/mol. The topological polar surface area (TPSA) is 75.4 Å². The molecular formula is C11H16F3N3O2S. The van der Waals surface area contributed by atoms with Crippen LogP contribution < -0.4 is 11.3 Å². The van der Waals surface area contributed by atoms with Crippen molar-refractivity contribution in [1.82, 2.24) is 4.31 Å². The Morgan fingerprint density at radius 1 is 1.30 bits per heavy atom. The van der Waals surface area contributed by atoms with Crippen LogP contribution in [0.15, 0.2) is 29.2 Å². The van der Waals surface area contributed by atoms with E-state index in [-0.39, 0.29) is 10.6 Å². The van der Waals surface area contributed by atoms with E-state index in [0.717, 1.165) is 0 Å². The van der Waals surface area contributed by atoms with Crippen molar-refractivity contribution in [3.63, 3.8) is 0 Å². The molecule has 1 rings (SSSR count).